The molecule has 0 saturated heterocycles. The Hall–Kier alpha value is -4.07. The maximum absolute atomic E-state index is 13.5. The van der Waals surface area contributed by atoms with E-state index in [2.05, 4.69) is 15.5 Å². The van der Waals surface area contributed by atoms with Gasteiger partial charge in [-0.3, -0.25) is 4.79 Å². The fourth-order valence-electron chi connectivity index (χ4n) is 4.25. The number of hydrogen-bond acceptors (Lipinski definition) is 11. The average molecular weight is 641 g/mol. The third-order valence-electron chi connectivity index (χ3n) is 6.59. The lowest BCUT2D eigenvalue weighted by atomic mass is 10.0. The van der Waals surface area contributed by atoms with Gasteiger partial charge in [0.15, 0.2) is 5.75 Å². The molecular weight excluding hydrogens is 608 g/mol. The van der Waals surface area contributed by atoms with Crippen LogP contribution in [-0.2, 0) is 9.32 Å². The van der Waals surface area contributed by atoms with Gasteiger partial charge in [0.25, 0.3) is 5.91 Å². The number of phenols is 1. The summed E-state index contributed by atoms with van der Waals surface area (Å²) in [5.41, 5.74) is 1.70. The molecule has 2 N–H and O–H groups in total. The number of aryl methyl sites for hydroxylation is 1. The first-order chi connectivity index (χ1) is 21.2. The first kappa shape index (κ1) is 32.8. The summed E-state index contributed by atoms with van der Waals surface area (Å²) in [7, 11) is 4.45. The fraction of sp³-hybridized carbons (Fsp3) is 0.258. The van der Waals surface area contributed by atoms with Crippen LogP contribution >= 0.6 is 23.6 Å². The van der Waals surface area contributed by atoms with E-state index in [1.807, 2.05) is 39.0 Å². The molecule has 11 nitrogen and oxygen atoms in total. The topological polar surface area (TPSA) is 123 Å². The summed E-state index contributed by atoms with van der Waals surface area (Å²) in [6, 6.07) is 15.5. The normalized spacial score (nSPS) is 11.4. The van der Waals surface area contributed by atoms with E-state index in [9.17, 15) is 9.90 Å². The minimum Gasteiger partial charge on any atom is -0.505 e. The molecule has 0 spiro atoms. The Kier molecular flexibility index (Phi) is 11.3. The van der Waals surface area contributed by atoms with Crippen LogP contribution in [0.3, 0.4) is 0 Å². The van der Waals surface area contributed by atoms with Gasteiger partial charge in [0, 0.05) is 29.4 Å². The number of nitrogens with one attached hydrogen (secondary N) is 1. The van der Waals surface area contributed by atoms with Crippen molar-refractivity contribution >= 4 is 57.4 Å². The summed E-state index contributed by atoms with van der Waals surface area (Å²) in [6.45, 7) is 7.16. The lowest BCUT2D eigenvalue weighted by Gasteiger charge is -2.15. The number of carbonyl (C=O) groups excluding carboxylic acids is 1. The molecule has 0 saturated carbocycles. The number of hydroxylamine groups is 2. The molecule has 0 aromatic heterocycles. The van der Waals surface area contributed by atoms with Crippen LogP contribution in [-0.4, -0.2) is 50.5 Å². The van der Waals surface area contributed by atoms with Gasteiger partial charge in [-0.25, -0.2) is 0 Å². The minimum atomic E-state index is -0.608. The van der Waals surface area contributed by atoms with E-state index in [1.54, 1.807) is 35.4 Å². The van der Waals surface area contributed by atoms with Gasteiger partial charge in [0.1, 0.15) is 28.6 Å². The molecule has 0 aliphatic carbocycles. The molecule has 4 aromatic carbocycles. The van der Waals surface area contributed by atoms with Crippen molar-refractivity contribution < 1.29 is 33.4 Å². The van der Waals surface area contributed by atoms with Gasteiger partial charge in [0.05, 0.1) is 49.6 Å². The van der Waals surface area contributed by atoms with Crippen LogP contribution in [0.5, 0.6) is 23.0 Å². The van der Waals surface area contributed by atoms with Gasteiger partial charge < -0.3 is 24.6 Å². The van der Waals surface area contributed by atoms with E-state index >= 15 is 0 Å². The summed E-state index contributed by atoms with van der Waals surface area (Å²) in [4.78, 5) is 19.5. The second-order valence-corrected chi connectivity index (χ2v) is 10.5. The number of carbonyl (C=O) groups is 1. The Bertz CT molecular complexity index is 1680. The number of aromatic hydroxyl groups is 1. The first-order valence-corrected chi connectivity index (χ1v) is 14.7. The van der Waals surface area contributed by atoms with Crippen molar-refractivity contribution in [1.82, 2.24) is 5.06 Å². The standard InChI is InChI=1S/C31H33ClN4O7S/c1-7-36(8-2)42-43-44-20-10-12-26(39-4)25(15-20)34-35-29-21-11-9-18(3)13-19(21)14-22(30(29)37)31(38)33-24-16-23(32)27(40-5)17-28(24)41-6/h9-17,37H,7-8H2,1-6H3,(H,33,38). The SMILES string of the molecule is CCN(CC)OOSc1ccc(OC)c(N=Nc2c(O)c(C(=O)Nc3cc(Cl)c(OC)cc3OC)cc3cc(C)ccc23)c1. The van der Waals surface area contributed by atoms with Gasteiger partial charge in [-0.1, -0.05) is 35.4 Å². The first-order valence-electron chi connectivity index (χ1n) is 13.6. The zero-order valence-corrected chi connectivity index (χ0v) is 26.7. The maximum atomic E-state index is 13.5. The molecular formula is C31H33ClN4O7S. The molecule has 0 aliphatic heterocycles. The van der Waals surface area contributed by atoms with Crippen LogP contribution in [0.1, 0.15) is 29.8 Å². The van der Waals surface area contributed by atoms with Gasteiger partial charge in [-0.2, -0.15) is 5.06 Å². The molecule has 0 unspecified atom stereocenters. The number of nitrogens with zero attached hydrogens (tertiary/aromatic N) is 3. The van der Waals surface area contributed by atoms with Crippen LogP contribution in [0.4, 0.5) is 17.1 Å². The summed E-state index contributed by atoms with van der Waals surface area (Å²) >= 11 is 7.30. The number of anilines is 1. The van der Waals surface area contributed by atoms with Crippen molar-refractivity contribution in [1.29, 1.82) is 0 Å². The summed E-state index contributed by atoms with van der Waals surface area (Å²) in [5, 5.41) is 26.1. The second-order valence-electron chi connectivity index (χ2n) is 9.36. The smallest absolute Gasteiger partial charge is 0.259 e. The summed E-state index contributed by atoms with van der Waals surface area (Å²) < 4.78 is 21.4. The predicted octanol–water partition coefficient (Wildman–Crippen LogP) is 8.41. The van der Waals surface area contributed by atoms with Gasteiger partial charge in [-0.15, -0.1) is 19.6 Å². The highest BCUT2D eigenvalue weighted by atomic mass is 35.5. The minimum absolute atomic E-state index is 0.0238. The van der Waals surface area contributed by atoms with Crippen molar-refractivity contribution in [2.75, 3.05) is 39.7 Å². The average Bonchev–Trinajstić information content (AvgIpc) is 3.02. The summed E-state index contributed by atoms with van der Waals surface area (Å²) in [6.07, 6.45) is 0. The number of phenolic OH excluding ortho intramolecular Hbond substituents is 1. The van der Waals surface area contributed by atoms with E-state index < -0.39 is 5.91 Å². The lowest BCUT2D eigenvalue weighted by molar-refractivity contribution is -0.357. The molecule has 0 radical (unpaired) electrons. The molecule has 0 aliphatic rings. The third-order valence-corrected chi connectivity index (χ3v) is 7.46. The Morgan fingerprint density at radius 3 is 2.34 bits per heavy atom. The molecule has 1 amide bonds. The largest absolute Gasteiger partial charge is 0.505 e. The summed E-state index contributed by atoms with van der Waals surface area (Å²) in [5.74, 6) is 0.186. The van der Waals surface area contributed by atoms with Crippen molar-refractivity contribution in [2.45, 2.75) is 25.7 Å². The number of hydrogen-bond donors (Lipinski definition) is 2. The van der Waals surface area contributed by atoms with E-state index in [-0.39, 0.29) is 22.0 Å². The van der Waals surface area contributed by atoms with E-state index in [1.165, 1.54) is 27.4 Å². The van der Waals surface area contributed by atoms with Crippen molar-refractivity contribution in [3.8, 4) is 23.0 Å². The molecule has 4 aromatic rings. The molecule has 0 fully saturated rings. The molecule has 0 atom stereocenters. The number of azo groups is 1. The Labute approximate surface area is 264 Å². The number of methoxy groups -OCH3 is 3. The zero-order valence-electron chi connectivity index (χ0n) is 25.1. The van der Waals surface area contributed by atoms with E-state index in [0.717, 1.165) is 17.6 Å². The number of ether oxygens (including phenoxy) is 3. The third kappa shape index (κ3) is 7.52. The van der Waals surface area contributed by atoms with Crippen LogP contribution < -0.4 is 19.5 Å². The van der Waals surface area contributed by atoms with Crippen molar-refractivity contribution in [3.63, 3.8) is 0 Å². The highest BCUT2D eigenvalue weighted by molar-refractivity contribution is 7.94. The number of fused-ring (bicyclic) bond motifs is 1. The Morgan fingerprint density at radius 2 is 1.66 bits per heavy atom. The van der Waals surface area contributed by atoms with Crippen LogP contribution in [0.2, 0.25) is 5.02 Å². The fourth-order valence-corrected chi connectivity index (χ4v) is 4.97. The molecule has 4 rings (SSSR count). The van der Waals surface area contributed by atoms with Crippen LogP contribution in [0.25, 0.3) is 10.8 Å². The highest BCUT2D eigenvalue weighted by Crippen LogP contribution is 2.42. The molecule has 0 bridgehead atoms. The maximum Gasteiger partial charge on any atom is 0.259 e. The molecule has 44 heavy (non-hydrogen) atoms. The van der Waals surface area contributed by atoms with E-state index in [0.29, 0.717) is 57.4 Å². The molecule has 13 heteroatoms. The van der Waals surface area contributed by atoms with Gasteiger partial charge in [-0.05, 0) is 56.5 Å². The number of halogens is 1. The van der Waals surface area contributed by atoms with Crippen molar-refractivity contribution in [2.24, 2.45) is 10.2 Å². The number of benzene rings is 4. The molecule has 232 valence electrons. The highest BCUT2D eigenvalue weighted by Gasteiger charge is 2.21. The monoisotopic (exact) mass is 640 g/mol. The predicted molar refractivity (Wildman–Crippen MR) is 171 cm³/mol. The van der Waals surface area contributed by atoms with Crippen LogP contribution in [0.15, 0.2) is 69.7 Å². The quantitative estimate of drug-likeness (QED) is 0.0641. The van der Waals surface area contributed by atoms with Crippen LogP contribution in [0, 0.1) is 6.92 Å². The Morgan fingerprint density at radius 1 is 0.932 bits per heavy atom. The number of amides is 1. The number of rotatable bonds is 13. The zero-order chi connectivity index (χ0) is 31.8. The van der Waals surface area contributed by atoms with Gasteiger partial charge >= 0.3 is 0 Å². The lowest BCUT2D eigenvalue weighted by Crippen LogP contribution is -2.22. The van der Waals surface area contributed by atoms with Gasteiger partial charge in [0.2, 0.25) is 0 Å². The second kappa shape index (κ2) is 15.1. The van der Waals surface area contributed by atoms with Crippen molar-refractivity contribution in [3.05, 3.63) is 70.7 Å². The Balaban J connectivity index is 1.72. The van der Waals surface area contributed by atoms with E-state index in [4.69, 9.17) is 35.1 Å². The molecule has 0 heterocycles.